The van der Waals surface area contributed by atoms with Gasteiger partial charge in [0, 0.05) is 0 Å². The normalized spacial score (nSPS) is 41.2. The first-order valence-corrected chi connectivity index (χ1v) is 17.6. The largest absolute Gasteiger partial charge is 0.366 e. The van der Waals surface area contributed by atoms with E-state index in [1.54, 1.807) is 0 Å². The molecule has 5 heteroatoms. The van der Waals surface area contributed by atoms with Crippen molar-refractivity contribution in [2.75, 3.05) is 0 Å². The molecular formula is C31H54FO2PS. The minimum Gasteiger partial charge on any atom is -0.302 e. The Morgan fingerprint density at radius 1 is 1.06 bits per heavy atom. The zero-order valence-corrected chi connectivity index (χ0v) is 26.2. The van der Waals surface area contributed by atoms with E-state index in [4.69, 9.17) is 20.9 Å². The van der Waals surface area contributed by atoms with Gasteiger partial charge in [0.2, 0.25) is 0 Å². The summed E-state index contributed by atoms with van der Waals surface area (Å²) in [4.78, 5) is 0. The molecule has 0 aromatic rings. The van der Waals surface area contributed by atoms with Crippen LogP contribution in [0.3, 0.4) is 0 Å². The lowest BCUT2D eigenvalue weighted by atomic mass is 9.47. The highest BCUT2D eigenvalue weighted by atomic mass is 32.5. The highest BCUT2D eigenvalue weighted by Gasteiger charge is 2.59. The molecule has 0 spiro atoms. The van der Waals surface area contributed by atoms with E-state index in [0.717, 1.165) is 54.8 Å². The van der Waals surface area contributed by atoms with Crippen molar-refractivity contribution in [3.05, 3.63) is 11.6 Å². The average molecular weight is 541 g/mol. The maximum absolute atomic E-state index is 15.0. The molecule has 0 heterocycles. The fraction of sp³-hybridized carbons (Fsp3) is 0.935. The van der Waals surface area contributed by atoms with E-state index >= 15 is 4.20 Å². The molecule has 0 saturated heterocycles. The molecule has 208 valence electrons. The van der Waals surface area contributed by atoms with Crippen LogP contribution < -0.4 is 0 Å². The van der Waals surface area contributed by atoms with Crippen LogP contribution in [0.1, 0.15) is 126 Å². The second-order valence-corrected chi connectivity index (χ2v) is 17.5. The summed E-state index contributed by atoms with van der Waals surface area (Å²) in [6.07, 6.45) is 16.2. The molecule has 2 nitrogen and oxygen atoms in total. The van der Waals surface area contributed by atoms with E-state index in [1.807, 2.05) is 20.8 Å². The van der Waals surface area contributed by atoms with Crippen molar-refractivity contribution in [1.82, 2.24) is 0 Å². The van der Waals surface area contributed by atoms with Crippen LogP contribution in [0.15, 0.2) is 11.6 Å². The predicted octanol–water partition coefficient (Wildman–Crippen LogP) is 10.4. The number of hydrogen-bond donors (Lipinski definition) is 0. The van der Waals surface area contributed by atoms with E-state index in [9.17, 15) is 0 Å². The first kappa shape index (κ1) is 29.2. The number of rotatable bonds is 8. The maximum atomic E-state index is 15.0. The molecule has 3 fully saturated rings. The summed E-state index contributed by atoms with van der Waals surface area (Å²) in [7, 11) is 0. The van der Waals surface area contributed by atoms with E-state index in [-0.39, 0.29) is 11.5 Å². The maximum Gasteiger partial charge on any atom is 0.366 e. The van der Waals surface area contributed by atoms with Gasteiger partial charge >= 0.3 is 6.80 Å². The summed E-state index contributed by atoms with van der Waals surface area (Å²) >= 11 is 5.15. The van der Waals surface area contributed by atoms with Gasteiger partial charge in [-0.1, -0.05) is 65.5 Å². The minimum absolute atomic E-state index is 0.143. The fourth-order valence-electron chi connectivity index (χ4n) is 9.27. The number of hydrogen-bond acceptors (Lipinski definition) is 3. The lowest BCUT2D eigenvalue weighted by Gasteiger charge is -2.58. The first-order valence-electron chi connectivity index (χ1n) is 15.0. The average Bonchev–Trinajstić information content (AvgIpc) is 3.09. The van der Waals surface area contributed by atoms with E-state index in [0.29, 0.717) is 5.41 Å². The van der Waals surface area contributed by atoms with Crippen LogP contribution in [0.25, 0.3) is 0 Å². The van der Waals surface area contributed by atoms with Crippen LogP contribution in [-0.4, -0.2) is 11.7 Å². The molecule has 0 radical (unpaired) electrons. The van der Waals surface area contributed by atoms with Gasteiger partial charge in [-0.15, -0.1) is 0 Å². The number of halogens is 1. The van der Waals surface area contributed by atoms with Crippen LogP contribution in [0.5, 0.6) is 0 Å². The predicted molar refractivity (Wildman–Crippen MR) is 154 cm³/mol. The van der Waals surface area contributed by atoms with Crippen LogP contribution in [-0.2, 0) is 20.9 Å². The van der Waals surface area contributed by atoms with Gasteiger partial charge in [0.1, 0.15) is 0 Å². The lowest BCUT2D eigenvalue weighted by molar-refractivity contribution is -0.0568. The highest BCUT2D eigenvalue weighted by Crippen LogP contribution is 2.68. The third-order valence-corrected chi connectivity index (χ3v) is 12.7. The molecule has 0 amide bonds. The standard InChI is InChI=1S/C31H54FO2PS/c1-21(2)10-9-11-22(3)26-14-15-27-25-13-12-23-20-24(33-35(32,36)34-29(4,5)6)16-18-30(23,7)28(25)17-19-31(26,27)8/h12,21-22,24-28H,9-11,13-20H2,1-8H3/t22-,24+,25+,26-,27+,28+,30+,31-,35?/m1/s1. The smallest absolute Gasteiger partial charge is 0.302 e. The molecule has 4 aliphatic rings. The first-order chi connectivity index (χ1) is 16.6. The van der Waals surface area contributed by atoms with Crippen molar-refractivity contribution in [2.24, 2.45) is 46.3 Å². The molecule has 0 N–H and O–H groups in total. The Labute approximate surface area is 227 Å². The Hall–Kier alpha value is 0.240. The summed E-state index contributed by atoms with van der Waals surface area (Å²) in [6, 6.07) is 0. The summed E-state index contributed by atoms with van der Waals surface area (Å²) in [5.41, 5.74) is 1.66. The van der Waals surface area contributed by atoms with Gasteiger partial charge in [-0.2, -0.15) is 4.20 Å². The highest BCUT2D eigenvalue weighted by molar-refractivity contribution is 8.07. The second kappa shape index (κ2) is 10.7. The van der Waals surface area contributed by atoms with E-state index in [1.165, 1.54) is 56.9 Å². The van der Waals surface area contributed by atoms with Crippen LogP contribution in [0.2, 0.25) is 0 Å². The van der Waals surface area contributed by atoms with Crippen molar-refractivity contribution in [1.29, 1.82) is 0 Å². The summed E-state index contributed by atoms with van der Waals surface area (Å²) in [5, 5.41) is 0. The van der Waals surface area contributed by atoms with Gasteiger partial charge in [-0.25, -0.2) is 0 Å². The van der Waals surface area contributed by atoms with Gasteiger partial charge in [-0.05, 0) is 130 Å². The van der Waals surface area contributed by atoms with E-state index in [2.05, 4.69) is 40.7 Å². The molecule has 4 rings (SSSR count). The second-order valence-electron chi connectivity index (χ2n) is 14.9. The van der Waals surface area contributed by atoms with Crippen molar-refractivity contribution in [3.63, 3.8) is 0 Å². The molecule has 0 bridgehead atoms. The molecule has 9 atom stereocenters. The van der Waals surface area contributed by atoms with Crippen molar-refractivity contribution >= 4 is 18.6 Å². The Morgan fingerprint density at radius 3 is 2.44 bits per heavy atom. The number of allylic oxidation sites excluding steroid dienone is 1. The summed E-state index contributed by atoms with van der Waals surface area (Å²) < 4.78 is 26.4. The molecule has 0 aromatic carbocycles. The zero-order valence-electron chi connectivity index (χ0n) is 24.4. The lowest BCUT2D eigenvalue weighted by Crippen LogP contribution is -2.51. The van der Waals surface area contributed by atoms with Crippen LogP contribution in [0.4, 0.5) is 4.20 Å². The van der Waals surface area contributed by atoms with E-state index < -0.39 is 12.4 Å². The summed E-state index contributed by atoms with van der Waals surface area (Å²) in [5.74, 6) is 5.03. The Kier molecular flexibility index (Phi) is 8.66. The topological polar surface area (TPSA) is 18.5 Å². The zero-order chi connectivity index (χ0) is 26.5. The Bertz CT molecular complexity index is 865. The van der Waals surface area contributed by atoms with Crippen molar-refractivity contribution in [2.45, 2.75) is 138 Å². The molecule has 0 aliphatic heterocycles. The van der Waals surface area contributed by atoms with Gasteiger partial charge in [0.25, 0.3) is 0 Å². The molecule has 0 aromatic heterocycles. The van der Waals surface area contributed by atoms with Gasteiger partial charge in [-0.3, -0.25) is 4.52 Å². The Balaban J connectivity index is 1.43. The molecule has 4 aliphatic carbocycles. The fourth-order valence-corrected chi connectivity index (χ4v) is 11.5. The summed E-state index contributed by atoms with van der Waals surface area (Å²) in [6.45, 7) is 14.3. The SMILES string of the molecule is CC(C)CCC[C@@H](C)[C@H]1CC[C@H]2[C@@H]3CC=C4C[C@@H](OP(F)(=S)OC(C)(C)C)CC[C@]4(C)[C@H]3CC[C@]12C. The molecule has 36 heavy (non-hydrogen) atoms. The van der Waals surface area contributed by atoms with Gasteiger partial charge in [0.05, 0.1) is 11.7 Å². The monoisotopic (exact) mass is 540 g/mol. The van der Waals surface area contributed by atoms with Gasteiger partial charge < -0.3 is 4.52 Å². The quantitative estimate of drug-likeness (QED) is 0.225. The minimum atomic E-state index is -3.73. The van der Waals surface area contributed by atoms with Crippen molar-refractivity contribution in [3.8, 4) is 0 Å². The third-order valence-electron chi connectivity index (χ3n) is 10.9. The third kappa shape index (κ3) is 6.03. The molecule has 1 unspecified atom stereocenters. The molecule has 3 saturated carbocycles. The van der Waals surface area contributed by atoms with Crippen LogP contribution in [0, 0.1) is 46.3 Å². The Morgan fingerprint density at radius 2 is 1.78 bits per heavy atom. The molecular weight excluding hydrogens is 486 g/mol. The number of fused-ring (bicyclic) bond motifs is 5. The van der Waals surface area contributed by atoms with Crippen LogP contribution >= 0.6 is 6.80 Å². The van der Waals surface area contributed by atoms with Crippen molar-refractivity contribution < 1.29 is 13.2 Å². The van der Waals surface area contributed by atoms with Gasteiger partial charge in [0.15, 0.2) is 0 Å².